The lowest BCUT2D eigenvalue weighted by Crippen LogP contribution is -2.46. The third-order valence-electron chi connectivity index (χ3n) is 3.53. The zero-order chi connectivity index (χ0) is 14.0. The van der Waals surface area contributed by atoms with Crippen molar-refractivity contribution in [1.82, 2.24) is 15.3 Å². The summed E-state index contributed by atoms with van der Waals surface area (Å²) in [5.41, 5.74) is 0.812. The second-order valence-electron chi connectivity index (χ2n) is 5.26. The van der Waals surface area contributed by atoms with E-state index in [1.807, 2.05) is 0 Å². The molecule has 1 aliphatic rings. The van der Waals surface area contributed by atoms with E-state index in [4.69, 9.17) is 0 Å². The van der Waals surface area contributed by atoms with Crippen LogP contribution in [0.15, 0.2) is 18.7 Å². The summed E-state index contributed by atoms with van der Waals surface area (Å²) in [6.45, 7) is 3.57. The van der Waals surface area contributed by atoms with Gasteiger partial charge in [-0.05, 0) is 12.0 Å². The van der Waals surface area contributed by atoms with Gasteiger partial charge in [-0.2, -0.15) is 0 Å². The Morgan fingerprint density at radius 3 is 2.58 bits per heavy atom. The number of carbonyl (C=O) groups is 1. The van der Waals surface area contributed by atoms with Crippen molar-refractivity contribution < 1.29 is 15.0 Å². The third-order valence-corrected chi connectivity index (χ3v) is 3.53. The molecule has 3 N–H and O–H groups in total. The molecule has 0 aliphatic heterocycles. The highest BCUT2D eigenvalue weighted by Crippen LogP contribution is 2.34. The summed E-state index contributed by atoms with van der Waals surface area (Å²) in [5.74, 6) is -0.480. The van der Waals surface area contributed by atoms with Crippen LogP contribution in [0.3, 0.4) is 0 Å². The number of nitrogens with one attached hydrogen (secondary N) is 1. The van der Waals surface area contributed by atoms with Crippen LogP contribution < -0.4 is 5.32 Å². The molecule has 1 amide bonds. The first-order chi connectivity index (χ1) is 9.00. The Morgan fingerprint density at radius 1 is 1.37 bits per heavy atom. The number of aromatic nitrogens is 2. The Morgan fingerprint density at radius 2 is 2.00 bits per heavy atom. The van der Waals surface area contributed by atoms with E-state index in [9.17, 15) is 15.0 Å². The number of aliphatic hydroxyl groups is 2. The Labute approximate surface area is 111 Å². The summed E-state index contributed by atoms with van der Waals surface area (Å²) in [6, 6.07) is -0.504. The fourth-order valence-corrected chi connectivity index (χ4v) is 2.39. The van der Waals surface area contributed by atoms with Gasteiger partial charge in [-0.25, -0.2) is 9.97 Å². The van der Waals surface area contributed by atoms with Gasteiger partial charge in [0.05, 0.1) is 12.1 Å². The van der Waals surface area contributed by atoms with Crippen LogP contribution in [0.4, 0.5) is 0 Å². The monoisotopic (exact) mass is 265 g/mol. The molecule has 6 heteroatoms. The molecule has 4 atom stereocenters. The van der Waals surface area contributed by atoms with Gasteiger partial charge < -0.3 is 15.5 Å². The third kappa shape index (κ3) is 2.90. The molecule has 0 unspecified atom stereocenters. The van der Waals surface area contributed by atoms with E-state index >= 15 is 0 Å². The Balaban J connectivity index is 2.19. The molecule has 0 radical (unpaired) electrons. The van der Waals surface area contributed by atoms with Gasteiger partial charge in [0.25, 0.3) is 0 Å². The minimum absolute atomic E-state index is 0.139. The van der Waals surface area contributed by atoms with Crippen LogP contribution >= 0.6 is 0 Å². The first kappa shape index (κ1) is 13.9. The van der Waals surface area contributed by atoms with E-state index in [1.165, 1.54) is 6.33 Å². The number of rotatable bonds is 3. The molecule has 0 aromatic carbocycles. The first-order valence-corrected chi connectivity index (χ1v) is 6.42. The van der Waals surface area contributed by atoms with Gasteiger partial charge >= 0.3 is 0 Å². The molecule has 1 fully saturated rings. The normalized spacial score (nSPS) is 30.6. The van der Waals surface area contributed by atoms with Gasteiger partial charge in [0.15, 0.2) is 0 Å². The Kier molecular flexibility index (Phi) is 4.11. The largest absolute Gasteiger partial charge is 0.390 e. The van der Waals surface area contributed by atoms with E-state index in [0.29, 0.717) is 6.42 Å². The summed E-state index contributed by atoms with van der Waals surface area (Å²) < 4.78 is 0. The fourth-order valence-electron chi connectivity index (χ4n) is 2.39. The van der Waals surface area contributed by atoms with Crippen molar-refractivity contribution in [2.24, 2.45) is 5.92 Å². The SMILES string of the molecule is CC(C)C(=O)N[C@H]1[C@H](O)[C@H](O)C[C@@H]1c1cncnc1. The molecule has 1 saturated carbocycles. The average molecular weight is 265 g/mol. The van der Waals surface area contributed by atoms with Crippen LogP contribution in [-0.2, 0) is 4.79 Å². The molecule has 1 heterocycles. The van der Waals surface area contributed by atoms with E-state index in [-0.39, 0.29) is 17.7 Å². The van der Waals surface area contributed by atoms with Gasteiger partial charge in [-0.3, -0.25) is 4.79 Å². The van der Waals surface area contributed by atoms with Gasteiger partial charge in [0, 0.05) is 24.2 Å². The highest BCUT2D eigenvalue weighted by molar-refractivity contribution is 5.78. The van der Waals surface area contributed by atoms with Gasteiger partial charge in [-0.15, -0.1) is 0 Å². The minimum atomic E-state index is -0.965. The van der Waals surface area contributed by atoms with Crippen LogP contribution in [0.2, 0.25) is 0 Å². The van der Waals surface area contributed by atoms with Crippen molar-refractivity contribution in [3.05, 3.63) is 24.3 Å². The molecule has 0 bridgehead atoms. The van der Waals surface area contributed by atoms with Crippen LogP contribution in [0, 0.1) is 5.92 Å². The molecule has 1 aromatic heterocycles. The maximum absolute atomic E-state index is 11.8. The first-order valence-electron chi connectivity index (χ1n) is 6.42. The maximum Gasteiger partial charge on any atom is 0.222 e. The van der Waals surface area contributed by atoms with Crippen molar-refractivity contribution in [2.75, 3.05) is 0 Å². The average Bonchev–Trinajstić information content (AvgIpc) is 2.68. The van der Waals surface area contributed by atoms with E-state index in [1.54, 1.807) is 26.2 Å². The smallest absolute Gasteiger partial charge is 0.222 e. The second-order valence-corrected chi connectivity index (χ2v) is 5.26. The highest BCUT2D eigenvalue weighted by atomic mass is 16.3. The zero-order valence-electron chi connectivity index (χ0n) is 11.0. The molecule has 104 valence electrons. The standard InChI is InChI=1S/C13H19N3O3/c1-7(2)13(19)16-11-9(3-10(17)12(11)18)8-4-14-6-15-5-8/h4-7,9-12,17-18H,3H2,1-2H3,(H,16,19)/t9-,10-,11-,12-/m1/s1. The van der Waals surface area contributed by atoms with Gasteiger partial charge in [0.1, 0.15) is 12.4 Å². The highest BCUT2D eigenvalue weighted by Gasteiger charge is 2.43. The van der Waals surface area contributed by atoms with E-state index in [0.717, 1.165) is 5.56 Å². The maximum atomic E-state index is 11.8. The van der Waals surface area contributed by atoms with Crippen molar-refractivity contribution in [2.45, 2.75) is 44.4 Å². The number of hydrogen-bond acceptors (Lipinski definition) is 5. The molecule has 1 aliphatic carbocycles. The summed E-state index contributed by atoms with van der Waals surface area (Å²) in [7, 11) is 0. The summed E-state index contributed by atoms with van der Waals surface area (Å²) >= 11 is 0. The summed E-state index contributed by atoms with van der Waals surface area (Å²) in [6.07, 6.45) is 3.30. The zero-order valence-corrected chi connectivity index (χ0v) is 11.0. The van der Waals surface area contributed by atoms with Crippen LogP contribution in [0.5, 0.6) is 0 Å². The van der Waals surface area contributed by atoms with Gasteiger partial charge in [0.2, 0.25) is 5.91 Å². The van der Waals surface area contributed by atoms with E-state index < -0.39 is 18.2 Å². The van der Waals surface area contributed by atoms with Crippen LogP contribution in [-0.4, -0.2) is 44.3 Å². The van der Waals surface area contributed by atoms with Crippen molar-refractivity contribution in [3.8, 4) is 0 Å². The number of aliphatic hydroxyl groups excluding tert-OH is 2. The molecule has 0 saturated heterocycles. The van der Waals surface area contributed by atoms with Crippen molar-refractivity contribution in [1.29, 1.82) is 0 Å². The fraction of sp³-hybridized carbons (Fsp3) is 0.615. The number of nitrogens with zero attached hydrogens (tertiary/aromatic N) is 2. The topological polar surface area (TPSA) is 95.3 Å². The quantitative estimate of drug-likeness (QED) is 0.705. The molecule has 1 aromatic rings. The Bertz CT molecular complexity index is 438. The second kappa shape index (κ2) is 5.63. The lowest BCUT2D eigenvalue weighted by molar-refractivity contribution is -0.125. The molecule has 6 nitrogen and oxygen atoms in total. The number of carbonyl (C=O) groups excluding carboxylic acids is 1. The van der Waals surface area contributed by atoms with Crippen LogP contribution in [0.1, 0.15) is 31.7 Å². The minimum Gasteiger partial charge on any atom is -0.390 e. The molecular formula is C13H19N3O3. The lowest BCUT2D eigenvalue weighted by atomic mass is 9.95. The van der Waals surface area contributed by atoms with Crippen molar-refractivity contribution in [3.63, 3.8) is 0 Å². The molecular weight excluding hydrogens is 246 g/mol. The van der Waals surface area contributed by atoms with E-state index in [2.05, 4.69) is 15.3 Å². The lowest BCUT2D eigenvalue weighted by Gasteiger charge is -2.24. The molecule has 19 heavy (non-hydrogen) atoms. The predicted octanol–water partition coefficient (Wildman–Crippen LogP) is -0.174. The summed E-state index contributed by atoms with van der Waals surface area (Å²) in [4.78, 5) is 19.7. The number of amides is 1. The predicted molar refractivity (Wildman–Crippen MR) is 68.2 cm³/mol. The van der Waals surface area contributed by atoms with Gasteiger partial charge in [-0.1, -0.05) is 13.8 Å². The summed E-state index contributed by atoms with van der Waals surface area (Å²) in [5, 5.41) is 22.6. The molecule has 2 rings (SSSR count). The molecule has 0 spiro atoms. The van der Waals surface area contributed by atoms with Crippen molar-refractivity contribution >= 4 is 5.91 Å². The number of hydrogen-bond donors (Lipinski definition) is 3. The van der Waals surface area contributed by atoms with Crippen LogP contribution in [0.25, 0.3) is 0 Å². The Hall–Kier alpha value is -1.53.